The second kappa shape index (κ2) is 16.1. The Morgan fingerprint density at radius 2 is 1.22 bits per heavy atom. The van der Waals surface area contributed by atoms with Crippen LogP contribution < -0.4 is 10.6 Å². The number of imidazole rings is 2. The highest BCUT2D eigenvalue weighted by Crippen LogP contribution is 2.43. The Kier molecular flexibility index (Phi) is 11.0. The number of benzene rings is 2. The number of nitrogens with zero attached hydrogens (tertiary/aromatic N) is 4. The molecule has 0 radical (unpaired) electrons. The molecule has 304 valence electrons. The predicted molar refractivity (Wildman–Crippen MR) is 225 cm³/mol. The molecule has 0 saturated carbocycles. The van der Waals surface area contributed by atoms with Crippen molar-refractivity contribution in [3.05, 3.63) is 60.2 Å². The summed E-state index contributed by atoms with van der Waals surface area (Å²) in [6.45, 7) is 8.09. The Morgan fingerprint density at radius 1 is 0.759 bits per heavy atom. The summed E-state index contributed by atoms with van der Waals surface area (Å²) in [5, 5.41) is 14.7. The van der Waals surface area contributed by atoms with Crippen molar-refractivity contribution in [3.63, 3.8) is 0 Å². The number of fused-ring (bicyclic) bond motifs is 3. The molecular weight excluding hydrogens is 777 g/mol. The first-order valence-electron chi connectivity index (χ1n) is 19.8. The molecule has 2 aromatic carbocycles. The van der Waals surface area contributed by atoms with Crippen LogP contribution in [0.1, 0.15) is 77.1 Å². The van der Waals surface area contributed by atoms with Gasteiger partial charge in [-0.2, -0.15) is 0 Å². The first-order chi connectivity index (χ1) is 27.9. The van der Waals surface area contributed by atoms with Crippen molar-refractivity contribution >= 4 is 78.0 Å². The van der Waals surface area contributed by atoms with Gasteiger partial charge >= 0.3 is 6.09 Å². The van der Waals surface area contributed by atoms with Crippen molar-refractivity contribution < 1.29 is 29.0 Å². The number of aliphatic hydroxyl groups is 1. The average Bonchev–Trinajstić information content (AvgIpc) is 4.06. The molecule has 16 heteroatoms. The third-order valence-electron chi connectivity index (χ3n) is 11.3. The van der Waals surface area contributed by atoms with Crippen LogP contribution in [-0.2, 0) is 19.1 Å². The Morgan fingerprint density at radius 3 is 1.66 bits per heavy atom. The van der Waals surface area contributed by atoms with Gasteiger partial charge in [0.1, 0.15) is 30.3 Å². The third kappa shape index (κ3) is 7.55. The van der Waals surface area contributed by atoms with Gasteiger partial charge in [0.15, 0.2) is 0 Å². The molecule has 2 aliphatic rings. The van der Waals surface area contributed by atoms with Crippen LogP contribution in [0.15, 0.2) is 48.5 Å². The highest BCUT2D eigenvalue weighted by molar-refractivity contribution is 7.31. The van der Waals surface area contributed by atoms with E-state index >= 15 is 0 Å². The zero-order valence-electron chi connectivity index (χ0n) is 33.1. The van der Waals surface area contributed by atoms with Crippen LogP contribution in [0.4, 0.5) is 4.79 Å². The second-order valence-electron chi connectivity index (χ2n) is 15.8. The fraction of sp³-hybridized carbons (Fsp3) is 0.429. The molecule has 2 saturated heterocycles. The van der Waals surface area contributed by atoms with Crippen molar-refractivity contribution in [3.8, 4) is 20.9 Å². The van der Waals surface area contributed by atoms with Crippen LogP contribution in [0.5, 0.6) is 0 Å². The van der Waals surface area contributed by atoms with Gasteiger partial charge in [-0.15, -0.1) is 22.7 Å². The molecule has 2 fully saturated rings. The van der Waals surface area contributed by atoms with E-state index in [4.69, 9.17) is 14.7 Å². The highest BCUT2D eigenvalue weighted by atomic mass is 32.1. The summed E-state index contributed by atoms with van der Waals surface area (Å²) < 4.78 is 7.16. The molecule has 4 atom stereocenters. The van der Waals surface area contributed by atoms with E-state index in [1.807, 2.05) is 44.7 Å². The number of H-pyrrole nitrogens is 2. The molecule has 6 heterocycles. The van der Waals surface area contributed by atoms with Crippen molar-refractivity contribution in [1.29, 1.82) is 0 Å². The van der Waals surface area contributed by atoms with E-state index in [1.54, 1.807) is 27.6 Å². The van der Waals surface area contributed by atoms with Crippen molar-refractivity contribution in [2.75, 3.05) is 26.8 Å². The first-order valence-corrected chi connectivity index (χ1v) is 21.4. The number of nitrogens with one attached hydrogen (secondary N) is 4. The maximum atomic E-state index is 13.6. The van der Waals surface area contributed by atoms with E-state index in [2.05, 4.69) is 57.0 Å². The predicted octanol–water partition coefficient (Wildman–Crippen LogP) is 6.89. The SMILES string of the molecule is COC(=O)N[C@H](C(=O)N1CCCC1c1nc2ccc(-c3cc4sc(-c5ccc6nc(C7CCCN7C(=O)[C@@H](NC(=O)CO)C(C)C)[nH]c6c5)cc4s3)cc2[nH]1)C(C)C. The molecule has 2 unspecified atom stereocenters. The number of carbonyl (C=O) groups is 4. The zero-order valence-corrected chi connectivity index (χ0v) is 34.8. The van der Waals surface area contributed by atoms with Crippen molar-refractivity contribution in [1.82, 2.24) is 40.4 Å². The molecule has 8 rings (SSSR count). The average molecular weight is 825 g/mol. The van der Waals surface area contributed by atoms with Gasteiger partial charge in [0.25, 0.3) is 0 Å². The highest BCUT2D eigenvalue weighted by Gasteiger charge is 2.39. The summed E-state index contributed by atoms with van der Waals surface area (Å²) in [7, 11) is 1.29. The lowest BCUT2D eigenvalue weighted by atomic mass is 10.0. The zero-order chi connectivity index (χ0) is 40.8. The van der Waals surface area contributed by atoms with Crippen LogP contribution >= 0.6 is 22.7 Å². The second-order valence-corrected chi connectivity index (χ2v) is 18.0. The van der Waals surface area contributed by atoms with E-state index in [0.29, 0.717) is 13.1 Å². The number of hydrogen-bond donors (Lipinski definition) is 5. The normalized spacial score (nSPS) is 18.2. The van der Waals surface area contributed by atoms with Gasteiger partial charge in [0, 0.05) is 32.2 Å². The molecule has 14 nitrogen and oxygen atoms in total. The monoisotopic (exact) mass is 824 g/mol. The number of hydrogen-bond acceptors (Lipinski definition) is 10. The Labute approximate surface area is 343 Å². The molecule has 58 heavy (non-hydrogen) atoms. The number of aliphatic hydroxyl groups excluding tert-OH is 1. The maximum Gasteiger partial charge on any atom is 0.407 e. The molecule has 5 N–H and O–H groups in total. The van der Waals surface area contributed by atoms with Crippen LogP contribution in [0.2, 0.25) is 0 Å². The Bertz CT molecular complexity index is 2320. The lowest BCUT2D eigenvalue weighted by Gasteiger charge is -2.30. The number of ether oxygens (including phenoxy) is 1. The van der Waals surface area contributed by atoms with Crippen LogP contribution in [0, 0.1) is 11.8 Å². The van der Waals surface area contributed by atoms with E-state index in [-0.39, 0.29) is 35.7 Å². The van der Waals surface area contributed by atoms with Gasteiger partial charge in [-0.25, -0.2) is 14.8 Å². The van der Waals surface area contributed by atoms with Crippen molar-refractivity contribution in [2.45, 2.75) is 77.5 Å². The summed E-state index contributed by atoms with van der Waals surface area (Å²) in [6.07, 6.45) is 2.62. The van der Waals surface area contributed by atoms with Gasteiger partial charge in [-0.3, -0.25) is 14.4 Å². The Balaban J connectivity index is 0.987. The summed E-state index contributed by atoms with van der Waals surface area (Å²) in [4.78, 5) is 74.0. The van der Waals surface area contributed by atoms with Crippen LogP contribution in [0.3, 0.4) is 0 Å². The fourth-order valence-electron chi connectivity index (χ4n) is 8.22. The van der Waals surface area contributed by atoms with Gasteiger partial charge in [0.2, 0.25) is 17.7 Å². The summed E-state index contributed by atoms with van der Waals surface area (Å²) in [5.41, 5.74) is 5.63. The number of alkyl carbamates (subject to hydrolysis) is 1. The lowest BCUT2D eigenvalue weighted by Crippen LogP contribution is -2.51. The lowest BCUT2D eigenvalue weighted by molar-refractivity contribution is -0.139. The van der Waals surface area contributed by atoms with E-state index in [1.165, 1.54) is 16.5 Å². The molecule has 0 aliphatic carbocycles. The quantitative estimate of drug-likeness (QED) is 0.0935. The minimum atomic E-state index is -0.722. The van der Waals surface area contributed by atoms with E-state index in [0.717, 1.165) is 80.3 Å². The number of thiophene rings is 2. The number of carbonyl (C=O) groups excluding carboxylic acids is 4. The van der Waals surface area contributed by atoms with Crippen LogP contribution in [-0.4, -0.2) is 97.5 Å². The Hall–Kier alpha value is -5.32. The number of aromatic nitrogens is 4. The van der Waals surface area contributed by atoms with Gasteiger partial charge in [-0.1, -0.05) is 39.8 Å². The van der Waals surface area contributed by atoms with E-state index in [9.17, 15) is 24.3 Å². The van der Waals surface area contributed by atoms with Crippen molar-refractivity contribution in [2.24, 2.45) is 11.8 Å². The number of aromatic amines is 2. The smallest absolute Gasteiger partial charge is 0.407 e. The standard InChI is InChI=1S/C42H48N8O6S2/c1-21(2)36(47-35(52)20-51)40(53)49-14-6-8-29(49)38-43-25-12-10-23(16-27(25)45-38)31-18-33-34(57-31)19-32(58-33)24-11-13-26-28(17-24)46-39(44-26)30-9-7-15-50(30)41(54)37(22(3)4)48-42(55)56-5/h10-13,16-19,21-22,29-30,36-37,51H,6-9,14-15,20H2,1-5H3,(H,43,45)(H,44,46)(H,47,52)(H,48,55)/t29?,30?,36-,37-/m0/s1. The molecule has 2 aliphatic heterocycles. The first kappa shape index (κ1) is 39.5. The minimum Gasteiger partial charge on any atom is -0.453 e. The third-order valence-corrected chi connectivity index (χ3v) is 13.7. The minimum absolute atomic E-state index is 0.107. The topological polar surface area (TPSA) is 186 Å². The van der Waals surface area contributed by atoms with Crippen LogP contribution in [0.25, 0.3) is 52.3 Å². The molecule has 4 aromatic heterocycles. The largest absolute Gasteiger partial charge is 0.453 e. The molecule has 0 bridgehead atoms. The molecule has 0 spiro atoms. The number of methoxy groups -OCH3 is 1. The number of likely N-dealkylation sites (tertiary alicyclic amines) is 2. The number of amides is 4. The van der Waals surface area contributed by atoms with Gasteiger partial charge < -0.3 is 40.2 Å². The molecular formula is C42H48N8O6S2. The summed E-state index contributed by atoms with van der Waals surface area (Å²) in [5.74, 6) is 0.372. The molecule has 4 amide bonds. The number of rotatable bonds is 11. The fourth-order valence-corrected chi connectivity index (χ4v) is 10.6. The van der Waals surface area contributed by atoms with Gasteiger partial charge in [-0.05, 0) is 85.0 Å². The van der Waals surface area contributed by atoms with Gasteiger partial charge in [0.05, 0.1) is 41.3 Å². The summed E-state index contributed by atoms with van der Waals surface area (Å²) >= 11 is 3.48. The summed E-state index contributed by atoms with van der Waals surface area (Å²) in [6, 6.07) is 15.1. The molecule has 6 aromatic rings. The maximum absolute atomic E-state index is 13.6. The van der Waals surface area contributed by atoms with E-state index < -0.39 is 30.7 Å².